The normalized spacial score (nSPS) is 26.8. The second-order valence-electron chi connectivity index (χ2n) is 7.66. The summed E-state index contributed by atoms with van der Waals surface area (Å²) < 4.78 is 6.14. The molecule has 1 aliphatic heterocycles. The number of primary amides is 1. The van der Waals surface area contributed by atoms with E-state index in [4.69, 9.17) is 10.5 Å². The number of rotatable bonds is 5. The lowest BCUT2D eigenvalue weighted by Gasteiger charge is -2.53. The van der Waals surface area contributed by atoms with Crippen molar-refractivity contribution in [2.24, 2.45) is 11.1 Å². The SMILES string of the molecule is CC1(C)[C@@H](OCc2ccccc2)C[C@H]1NC1CCN(C(N)=O)CC1. The molecule has 0 radical (unpaired) electrons. The molecular weight excluding hydrogens is 302 g/mol. The zero-order valence-corrected chi connectivity index (χ0v) is 14.7. The van der Waals surface area contributed by atoms with Gasteiger partial charge in [-0.3, -0.25) is 0 Å². The number of amides is 2. The number of benzene rings is 1. The highest BCUT2D eigenvalue weighted by Gasteiger charge is 2.49. The quantitative estimate of drug-likeness (QED) is 0.871. The second kappa shape index (κ2) is 7.11. The average Bonchev–Trinajstić information content (AvgIpc) is 2.58. The summed E-state index contributed by atoms with van der Waals surface area (Å²) in [4.78, 5) is 12.9. The molecule has 1 aliphatic carbocycles. The molecule has 1 aromatic rings. The van der Waals surface area contributed by atoms with E-state index in [0.717, 1.165) is 32.4 Å². The fourth-order valence-corrected chi connectivity index (χ4v) is 3.77. The summed E-state index contributed by atoms with van der Waals surface area (Å²) in [7, 11) is 0. The summed E-state index contributed by atoms with van der Waals surface area (Å²) in [5, 5.41) is 3.77. The molecule has 24 heavy (non-hydrogen) atoms. The average molecular weight is 331 g/mol. The van der Waals surface area contributed by atoms with Gasteiger partial charge >= 0.3 is 6.03 Å². The lowest BCUT2D eigenvalue weighted by molar-refractivity contribution is -0.127. The van der Waals surface area contributed by atoms with E-state index in [0.29, 0.717) is 24.8 Å². The highest BCUT2D eigenvalue weighted by atomic mass is 16.5. The van der Waals surface area contributed by atoms with Crippen LogP contribution in [0.1, 0.15) is 38.7 Å². The summed E-state index contributed by atoms with van der Waals surface area (Å²) in [5.41, 5.74) is 6.70. The van der Waals surface area contributed by atoms with Gasteiger partial charge in [-0.05, 0) is 24.8 Å². The number of nitrogens with one attached hydrogen (secondary N) is 1. The third kappa shape index (κ3) is 3.73. The van der Waals surface area contributed by atoms with Gasteiger partial charge in [-0.1, -0.05) is 44.2 Å². The monoisotopic (exact) mass is 331 g/mol. The van der Waals surface area contributed by atoms with Crippen LogP contribution in [0.4, 0.5) is 4.79 Å². The summed E-state index contributed by atoms with van der Waals surface area (Å²) in [6.07, 6.45) is 3.30. The summed E-state index contributed by atoms with van der Waals surface area (Å²) in [6, 6.07) is 11.0. The van der Waals surface area contributed by atoms with E-state index in [2.05, 4.69) is 31.3 Å². The van der Waals surface area contributed by atoms with E-state index < -0.39 is 0 Å². The first-order valence-corrected chi connectivity index (χ1v) is 8.93. The van der Waals surface area contributed by atoms with Gasteiger partial charge in [-0.25, -0.2) is 4.79 Å². The summed E-state index contributed by atoms with van der Waals surface area (Å²) in [6.45, 7) is 6.76. The fourth-order valence-electron chi connectivity index (χ4n) is 3.77. The largest absolute Gasteiger partial charge is 0.373 e. The van der Waals surface area contributed by atoms with Gasteiger partial charge in [0.2, 0.25) is 0 Å². The molecule has 1 saturated heterocycles. The maximum Gasteiger partial charge on any atom is 0.314 e. The number of carbonyl (C=O) groups is 1. The predicted octanol–water partition coefficient (Wildman–Crippen LogP) is 2.50. The Labute approximate surface area is 144 Å². The number of nitrogens with zero attached hydrogens (tertiary/aromatic N) is 1. The van der Waals surface area contributed by atoms with Gasteiger partial charge in [0.25, 0.3) is 0 Å². The van der Waals surface area contributed by atoms with Crippen molar-refractivity contribution in [2.75, 3.05) is 13.1 Å². The van der Waals surface area contributed by atoms with Crippen LogP contribution in [0.15, 0.2) is 30.3 Å². The van der Waals surface area contributed by atoms with Crippen LogP contribution in [0, 0.1) is 5.41 Å². The molecule has 132 valence electrons. The first-order valence-electron chi connectivity index (χ1n) is 8.93. The maximum absolute atomic E-state index is 11.2. The van der Waals surface area contributed by atoms with Crippen molar-refractivity contribution < 1.29 is 9.53 Å². The van der Waals surface area contributed by atoms with Gasteiger partial charge in [-0.15, -0.1) is 0 Å². The lowest BCUT2D eigenvalue weighted by atomic mass is 9.64. The number of piperidine rings is 1. The number of nitrogens with two attached hydrogens (primary N) is 1. The Bertz CT molecular complexity index is 553. The number of hydrogen-bond acceptors (Lipinski definition) is 3. The molecule has 2 atom stereocenters. The van der Waals surface area contributed by atoms with Gasteiger partial charge in [0.15, 0.2) is 0 Å². The van der Waals surface area contributed by atoms with Crippen LogP contribution in [0.2, 0.25) is 0 Å². The Morgan fingerprint density at radius 3 is 2.54 bits per heavy atom. The van der Waals surface area contributed by atoms with Crippen LogP contribution in [0.25, 0.3) is 0 Å². The third-order valence-corrected chi connectivity index (χ3v) is 5.72. The zero-order valence-electron chi connectivity index (χ0n) is 14.7. The molecule has 1 heterocycles. The van der Waals surface area contributed by atoms with E-state index in [1.165, 1.54) is 5.56 Å². The van der Waals surface area contributed by atoms with Crippen LogP contribution in [-0.2, 0) is 11.3 Å². The van der Waals surface area contributed by atoms with Crippen molar-refractivity contribution in [2.45, 2.75) is 57.9 Å². The molecule has 3 N–H and O–H groups in total. The number of urea groups is 1. The molecule has 0 bridgehead atoms. The van der Waals surface area contributed by atoms with Gasteiger partial charge in [0.05, 0.1) is 12.7 Å². The topological polar surface area (TPSA) is 67.6 Å². The molecule has 3 rings (SSSR count). The van der Waals surface area contributed by atoms with Crippen molar-refractivity contribution in [1.82, 2.24) is 10.2 Å². The van der Waals surface area contributed by atoms with E-state index >= 15 is 0 Å². The Kier molecular flexibility index (Phi) is 5.11. The van der Waals surface area contributed by atoms with Crippen LogP contribution in [-0.4, -0.2) is 42.2 Å². The number of hydrogen-bond donors (Lipinski definition) is 2. The summed E-state index contributed by atoms with van der Waals surface area (Å²) >= 11 is 0. The Morgan fingerprint density at radius 1 is 1.29 bits per heavy atom. The minimum absolute atomic E-state index is 0.135. The van der Waals surface area contributed by atoms with Crippen molar-refractivity contribution in [3.8, 4) is 0 Å². The number of ether oxygens (including phenoxy) is 1. The van der Waals surface area contributed by atoms with Gasteiger partial charge in [0.1, 0.15) is 0 Å². The minimum atomic E-state index is -0.299. The Balaban J connectivity index is 1.43. The van der Waals surface area contributed by atoms with Crippen molar-refractivity contribution in [1.29, 1.82) is 0 Å². The van der Waals surface area contributed by atoms with Crippen molar-refractivity contribution in [3.63, 3.8) is 0 Å². The molecule has 0 unspecified atom stereocenters. The standard InChI is InChI=1S/C19H29N3O2/c1-19(2)16(21-15-8-10-22(11-9-15)18(20)23)12-17(19)24-13-14-6-4-3-5-7-14/h3-7,15-17,21H,8-13H2,1-2H3,(H2,20,23)/t16-,17+/m1/s1. The lowest BCUT2D eigenvalue weighted by Crippen LogP contribution is -2.63. The molecule has 1 aromatic carbocycles. The molecule has 0 spiro atoms. The van der Waals surface area contributed by atoms with Crippen LogP contribution >= 0.6 is 0 Å². The Morgan fingerprint density at radius 2 is 1.96 bits per heavy atom. The van der Waals surface area contributed by atoms with Crippen molar-refractivity contribution >= 4 is 6.03 Å². The summed E-state index contributed by atoms with van der Waals surface area (Å²) in [5.74, 6) is 0. The predicted molar refractivity (Wildman–Crippen MR) is 94.5 cm³/mol. The van der Waals surface area contributed by atoms with Crippen LogP contribution in [0.3, 0.4) is 0 Å². The Hall–Kier alpha value is -1.59. The molecule has 5 heteroatoms. The van der Waals surface area contributed by atoms with E-state index in [-0.39, 0.29) is 11.4 Å². The van der Waals surface area contributed by atoms with Crippen LogP contribution < -0.4 is 11.1 Å². The molecule has 0 aromatic heterocycles. The van der Waals surface area contributed by atoms with E-state index in [1.54, 1.807) is 4.90 Å². The first kappa shape index (κ1) is 17.2. The second-order valence-corrected chi connectivity index (χ2v) is 7.66. The van der Waals surface area contributed by atoms with Crippen LogP contribution in [0.5, 0.6) is 0 Å². The van der Waals surface area contributed by atoms with E-state index in [1.807, 2.05) is 18.2 Å². The van der Waals surface area contributed by atoms with Gasteiger partial charge < -0.3 is 20.7 Å². The van der Waals surface area contributed by atoms with E-state index in [9.17, 15) is 4.79 Å². The molecular formula is C19H29N3O2. The smallest absolute Gasteiger partial charge is 0.314 e. The molecule has 1 saturated carbocycles. The highest BCUT2D eigenvalue weighted by molar-refractivity contribution is 5.72. The highest BCUT2D eigenvalue weighted by Crippen LogP contribution is 2.43. The van der Waals surface area contributed by atoms with Gasteiger partial charge in [0, 0.05) is 30.6 Å². The third-order valence-electron chi connectivity index (χ3n) is 5.72. The zero-order chi connectivity index (χ0) is 17.2. The fraction of sp³-hybridized carbons (Fsp3) is 0.632. The number of likely N-dealkylation sites (tertiary alicyclic amines) is 1. The maximum atomic E-state index is 11.2. The van der Waals surface area contributed by atoms with Gasteiger partial charge in [-0.2, -0.15) is 0 Å². The molecule has 5 nitrogen and oxygen atoms in total. The number of carbonyl (C=O) groups excluding carboxylic acids is 1. The van der Waals surface area contributed by atoms with Crippen molar-refractivity contribution in [3.05, 3.63) is 35.9 Å². The molecule has 2 aliphatic rings. The molecule has 2 fully saturated rings. The minimum Gasteiger partial charge on any atom is -0.373 e. The molecule has 2 amide bonds. The first-order chi connectivity index (χ1) is 11.5.